The van der Waals surface area contributed by atoms with E-state index >= 15 is 0 Å². The van der Waals surface area contributed by atoms with Gasteiger partial charge in [-0.15, -0.1) is 0 Å². The van der Waals surface area contributed by atoms with Crippen LogP contribution in [0, 0.1) is 0 Å². The lowest BCUT2D eigenvalue weighted by Crippen LogP contribution is -2.39. The molecule has 0 aliphatic heterocycles. The van der Waals surface area contributed by atoms with Gasteiger partial charge in [-0.2, -0.15) is 0 Å². The summed E-state index contributed by atoms with van der Waals surface area (Å²) in [4.78, 5) is 12.4. The molecule has 2 rings (SSSR count). The number of hydrogen-bond acceptors (Lipinski definition) is 4. The van der Waals surface area contributed by atoms with Crippen molar-refractivity contribution in [1.29, 1.82) is 0 Å². The van der Waals surface area contributed by atoms with E-state index in [-0.39, 0.29) is 17.4 Å². The van der Waals surface area contributed by atoms with Gasteiger partial charge in [-0.3, -0.25) is 4.79 Å². The smallest absolute Gasteiger partial charge is 0.251 e. The number of aliphatic hydroxyl groups excluding tert-OH is 1. The number of nitrogens with one attached hydrogen (secondary N) is 1. The first-order valence-electron chi connectivity index (χ1n) is 7.83. The molecule has 1 atom stereocenters. The molecular weight excluding hydrogens is 340 g/mol. The summed E-state index contributed by atoms with van der Waals surface area (Å²) in [7, 11) is -0.627. The van der Waals surface area contributed by atoms with Gasteiger partial charge in [0.1, 0.15) is 0 Å². The first kappa shape index (κ1) is 19.1. The number of nitrogens with zero attached hydrogens (tertiary/aromatic N) is 1. The molecule has 0 heterocycles. The van der Waals surface area contributed by atoms with Crippen molar-refractivity contribution >= 4 is 15.9 Å². The van der Waals surface area contributed by atoms with Gasteiger partial charge in [0.25, 0.3) is 5.91 Å². The lowest BCUT2D eigenvalue weighted by atomic mass is 10.1. The molecule has 2 aromatic rings. The second-order valence-corrected chi connectivity index (χ2v) is 8.01. The number of carbonyl (C=O) groups excluding carboxylic acids is 1. The van der Waals surface area contributed by atoms with Gasteiger partial charge in [0.2, 0.25) is 10.0 Å². The maximum absolute atomic E-state index is 12.3. The molecule has 25 heavy (non-hydrogen) atoms. The van der Waals surface area contributed by atoms with E-state index in [1.54, 1.807) is 0 Å². The van der Waals surface area contributed by atoms with Crippen LogP contribution in [0.2, 0.25) is 0 Å². The van der Waals surface area contributed by atoms with Crippen molar-refractivity contribution in [1.82, 2.24) is 9.62 Å². The highest BCUT2D eigenvalue weighted by molar-refractivity contribution is 7.89. The molecule has 134 valence electrons. The van der Waals surface area contributed by atoms with Gasteiger partial charge >= 0.3 is 0 Å². The molecule has 0 radical (unpaired) electrons. The summed E-state index contributed by atoms with van der Waals surface area (Å²) >= 11 is 0. The predicted molar refractivity (Wildman–Crippen MR) is 95.8 cm³/mol. The lowest BCUT2D eigenvalue weighted by molar-refractivity contribution is 0.0916. The van der Waals surface area contributed by atoms with Gasteiger partial charge in [0, 0.05) is 19.7 Å². The Morgan fingerprint density at radius 2 is 1.68 bits per heavy atom. The van der Waals surface area contributed by atoms with Crippen LogP contribution in [0.25, 0.3) is 0 Å². The molecule has 6 nitrogen and oxygen atoms in total. The summed E-state index contributed by atoms with van der Waals surface area (Å²) in [6, 6.07) is 14.9. The Labute approximate surface area is 148 Å². The SMILES string of the molecule is CN(C)S(=O)(=O)c1ccc(C(=O)NC(CO)Cc2ccccc2)cc1. The molecule has 0 aromatic heterocycles. The van der Waals surface area contributed by atoms with Crippen molar-refractivity contribution < 1.29 is 18.3 Å². The third-order valence-corrected chi connectivity index (χ3v) is 5.60. The Morgan fingerprint density at radius 1 is 1.08 bits per heavy atom. The molecule has 7 heteroatoms. The van der Waals surface area contributed by atoms with Crippen LogP contribution in [0.15, 0.2) is 59.5 Å². The monoisotopic (exact) mass is 362 g/mol. The zero-order valence-corrected chi connectivity index (χ0v) is 15.0. The molecule has 0 saturated carbocycles. The minimum atomic E-state index is -3.53. The first-order valence-corrected chi connectivity index (χ1v) is 9.27. The van der Waals surface area contributed by atoms with Gasteiger partial charge in [0.15, 0.2) is 0 Å². The van der Waals surface area contributed by atoms with Crippen LogP contribution >= 0.6 is 0 Å². The van der Waals surface area contributed by atoms with Crippen LogP contribution < -0.4 is 5.32 Å². The summed E-state index contributed by atoms with van der Waals surface area (Å²) in [5, 5.41) is 12.3. The summed E-state index contributed by atoms with van der Waals surface area (Å²) in [6.07, 6.45) is 0.510. The number of sulfonamides is 1. The van der Waals surface area contributed by atoms with Crippen LogP contribution in [-0.4, -0.2) is 50.5 Å². The number of hydrogen-bond donors (Lipinski definition) is 2. The van der Waals surface area contributed by atoms with Gasteiger partial charge in [0.05, 0.1) is 17.5 Å². The molecule has 0 aliphatic carbocycles. The Balaban J connectivity index is 2.07. The highest BCUT2D eigenvalue weighted by atomic mass is 32.2. The van der Waals surface area contributed by atoms with Crippen LogP contribution in [0.3, 0.4) is 0 Å². The van der Waals surface area contributed by atoms with Crippen molar-refractivity contribution in [2.24, 2.45) is 0 Å². The van der Waals surface area contributed by atoms with Crippen molar-refractivity contribution in [3.05, 3.63) is 65.7 Å². The van der Waals surface area contributed by atoms with Crippen LogP contribution in [-0.2, 0) is 16.4 Å². The molecule has 1 amide bonds. The number of carbonyl (C=O) groups is 1. The second-order valence-electron chi connectivity index (χ2n) is 5.85. The van der Waals surface area contributed by atoms with Crippen molar-refractivity contribution in [2.45, 2.75) is 17.4 Å². The Bertz CT molecular complexity index is 803. The average molecular weight is 362 g/mol. The highest BCUT2D eigenvalue weighted by Gasteiger charge is 2.18. The topological polar surface area (TPSA) is 86.7 Å². The predicted octanol–water partition coefficient (Wildman–Crippen LogP) is 1.27. The third-order valence-electron chi connectivity index (χ3n) is 3.78. The van der Waals surface area contributed by atoms with Gasteiger partial charge in [-0.1, -0.05) is 30.3 Å². The Hall–Kier alpha value is -2.22. The van der Waals surface area contributed by atoms with E-state index < -0.39 is 16.1 Å². The molecule has 0 saturated heterocycles. The van der Waals surface area contributed by atoms with Gasteiger partial charge in [-0.05, 0) is 36.2 Å². The zero-order chi connectivity index (χ0) is 18.4. The minimum Gasteiger partial charge on any atom is -0.394 e. The number of aliphatic hydroxyl groups is 1. The largest absolute Gasteiger partial charge is 0.394 e. The van der Waals surface area contributed by atoms with E-state index in [2.05, 4.69) is 5.32 Å². The number of rotatable bonds is 7. The van der Waals surface area contributed by atoms with Crippen molar-refractivity contribution in [2.75, 3.05) is 20.7 Å². The summed E-state index contributed by atoms with van der Waals surface area (Å²) in [5.41, 5.74) is 1.35. The first-order chi connectivity index (χ1) is 11.8. The van der Waals surface area contributed by atoms with Crippen molar-refractivity contribution in [3.8, 4) is 0 Å². The lowest BCUT2D eigenvalue weighted by Gasteiger charge is -2.17. The number of benzene rings is 2. The third kappa shape index (κ3) is 4.88. The van der Waals surface area contributed by atoms with E-state index in [4.69, 9.17) is 0 Å². The van der Waals surface area contributed by atoms with Crippen molar-refractivity contribution in [3.63, 3.8) is 0 Å². The molecule has 2 aromatic carbocycles. The Kier molecular flexibility index (Phi) is 6.30. The quantitative estimate of drug-likeness (QED) is 0.777. The van der Waals surface area contributed by atoms with E-state index in [1.807, 2.05) is 30.3 Å². The molecule has 0 aliphatic rings. The highest BCUT2D eigenvalue weighted by Crippen LogP contribution is 2.14. The van der Waals surface area contributed by atoms with E-state index in [9.17, 15) is 18.3 Å². The fraction of sp³-hybridized carbons (Fsp3) is 0.278. The van der Waals surface area contributed by atoms with Crippen LogP contribution in [0.4, 0.5) is 0 Å². The normalized spacial score (nSPS) is 12.8. The fourth-order valence-electron chi connectivity index (χ4n) is 2.32. The standard InChI is InChI=1S/C18H22N2O4S/c1-20(2)25(23,24)17-10-8-15(9-11-17)18(22)19-16(13-21)12-14-6-4-3-5-7-14/h3-11,16,21H,12-13H2,1-2H3,(H,19,22). The number of amides is 1. The maximum Gasteiger partial charge on any atom is 0.251 e. The maximum atomic E-state index is 12.3. The van der Waals surface area contributed by atoms with Gasteiger partial charge in [-0.25, -0.2) is 12.7 Å². The van der Waals surface area contributed by atoms with Crippen LogP contribution in [0.5, 0.6) is 0 Å². The van der Waals surface area contributed by atoms with E-state index in [0.29, 0.717) is 12.0 Å². The van der Waals surface area contributed by atoms with Crippen LogP contribution in [0.1, 0.15) is 15.9 Å². The average Bonchev–Trinajstić information content (AvgIpc) is 2.61. The second kappa shape index (κ2) is 8.24. The molecular formula is C18H22N2O4S. The molecule has 0 fully saturated rings. The minimum absolute atomic E-state index is 0.122. The molecule has 0 bridgehead atoms. The fourth-order valence-corrected chi connectivity index (χ4v) is 3.22. The van der Waals surface area contributed by atoms with E-state index in [1.165, 1.54) is 38.4 Å². The van der Waals surface area contributed by atoms with Gasteiger partial charge < -0.3 is 10.4 Å². The molecule has 0 spiro atoms. The molecule has 1 unspecified atom stereocenters. The van der Waals surface area contributed by atoms with E-state index in [0.717, 1.165) is 9.87 Å². The summed E-state index contributed by atoms with van der Waals surface area (Å²) in [6.45, 7) is -0.187. The zero-order valence-electron chi connectivity index (χ0n) is 14.2. The Morgan fingerprint density at radius 3 is 2.20 bits per heavy atom. The summed E-state index contributed by atoms with van der Waals surface area (Å²) < 4.78 is 25.2. The summed E-state index contributed by atoms with van der Waals surface area (Å²) in [5.74, 6) is -0.358. The molecule has 2 N–H and O–H groups in total.